The average Bonchev–Trinajstić information content (AvgIpc) is 2.57. The second kappa shape index (κ2) is 7.17. The van der Waals surface area contributed by atoms with Gasteiger partial charge in [-0.15, -0.1) is 0 Å². The van der Waals surface area contributed by atoms with Crippen LogP contribution >= 0.6 is 11.8 Å². The van der Waals surface area contributed by atoms with Crippen molar-refractivity contribution >= 4 is 29.0 Å². The molecule has 0 bridgehead atoms. The molecule has 3 rings (SSSR count). The Morgan fingerprint density at radius 2 is 1.61 bits per heavy atom. The SMILES string of the molecule is CN(CCO)CCC(=O)N1c2ccccc2Sc2ccccc21. The molecule has 4 nitrogen and oxygen atoms in total. The minimum Gasteiger partial charge on any atom is -0.395 e. The number of benzene rings is 2. The molecule has 0 fully saturated rings. The van der Waals surface area contributed by atoms with Gasteiger partial charge in [0.1, 0.15) is 0 Å². The largest absolute Gasteiger partial charge is 0.395 e. The Labute approximate surface area is 140 Å². The van der Waals surface area contributed by atoms with Crippen LogP contribution in [0.4, 0.5) is 11.4 Å². The summed E-state index contributed by atoms with van der Waals surface area (Å²) < 4.78 is 0. The van der Waals surface area contributed by atoms with Crippen LogP contribution in [0, 0.1) is 0 Å². The molecule has 1 amide bonds. The number of nitrogens with zero attached hydrogens (tertiary/aromatic N) is 2. The summed E-state index contributed by atoms with van der Waals surface area (Å²) in [6.45, 7) is 1.32. The lowest BCUT2D eigenvalue weighted by molar-refractivity contribution is -0.118. The molecule has 0 radical (unpaired) electrons. The first-order chi connectivity index (χ1) is 11.2. The van der Waals surface area contributed by atoms with Crippen LogP contribution in [-0.4, -0.2) is 42.7 Å². The summed E-state index contributed by atoms with van der Waals surface area (Å²) in [5, 5.41) is 8.97. The number of aliphatic hydroxyl groups excluding tert-OH is 1. The molecule has 5 heteroatoms. The molecular weight excluding hydrogens is 308 g/mol. The van der Waals surface area contributed by atoms with Gasteiger partial charge in [-0.3, -0.25) is 9.69 Å². The van der Waals surface area contributed by atoms with Crippen LogP contribution in [-0.2, 0) is 4.79 Å². The van der Waals surface area contributed by atoms with Gasteiger partial charge in [0.05, 0.1) is 18.0 Å². The Bertz CT molecular complexity index is 659. The molecule has 1 aliphatic heterocycles. The van der Waals surface area contributed by atoms with Crippen molar-refractivity contribution in [1.29, 1.82) is 0 Å². The van der Waals surface area contributed by atoms with Gasteiger partial charge in [0, 0.05) is 29.3 Å². The van der Waals surface area contributed by atoms with Gasteiger partial charge in [0.15, 0.2) is 0 Å². The number of rotatable bonds is 5. The van der Waals surface area contributed by atoms with Crippen molar-refractivity contribution in [3.63, 3.8) is 0 Å². The number of carbonyl (C=O) groups excluding carboxylic acids is 1. The van der Waals surface area contributed by atoms with Crippen LogP contribution in [0.3, 0.4) is 0 Å². The second-order valence-corrected chi connectivity index (χ2v) is 6.63. The van der Waals surface area contributed by atoms with E-state index < -0.39 is 0 Å². The maximum atomic E-state index is 12.9. The average molecular weight is 328 g/mol. The molecule has 0 aromatic heterocycles. The summed E-state index contributed by atoms with van der Waals surface area (Å²) in [6, 6.07) is 16.0. The molecule has 2 aromatic rings. The van der Waals surface area contributed by atoms with E-state index in [0.29, 0.717) is 19.5 Å². The molecule has 0 unspecified atom stereocenters. The van der Waals surface area contributed by atoms with Crippen LogP contribution in [0.5, 0.6) is 0 Å². The normalized spacial score (nSPS) is 12.9. The van der Waals surface area contributed by atoms with Gasteiger partial charge in [0.25, 0.3) is 0 Å². The zero-order valence-electron chi connectivity index (χ0n) is 13.1. The molecule has 0 saturated heterocycles. The Balaban J connectivity index is 1.87. The van der Waals surface area contributed by atoms with Gasteiger partial charge in [-0.1, -0.05) is 36.0 Å². The first kappa shape index (κ1) is 16.1. The van der Waals surface area contributed by atoms with Crippen LogP contribution in [0.25, 0.3) is 0 Å². The van der Waals surface area contributed by atoms with E-state index in [0.717, 1.165) is 21.2 Å². The van der Waals surface area contributed by atoms with Gasteiger partial charge in [-0.2, -0.15) is 0 Å². The van der Waals surface area contributed by atoms with E-state index in [1.54, 1.807) is 11.8 Å². The van der Waals surface area contributed by atoms with Crippen molar-refractivity contribution in [2.24, 2.45) is 0 Å². The fourth-order valence-corrected chi connectivity index (χ4v) is 3.71. The molecule has 2 aromatic carbocycles. The van der Waals surface area contributed by atoms with Gasteiger partial charge in [-0.25, -0.2) is 0 Å². The summed E-state index contributed by atoms with van der Waals surface area (Å²) in [7, 11) is 1.91. The first-order valence-corrected chi connectivity index (χ1v) is 8.50. The highest BCUT2D eigenvalue weighted by atomic mass is 32.2. The van der Waals surface area contributed by atoms with E-state index >= 15 is 0 Å². The fourth-order valence-electron chi connectivity index (χ4n) is 2.65. The quantitative estimate of drug-likeness (QED) is 0.916. The van der Waals surface area contributed by atoms with E-state index in [4.69, 9.17) is 5.11 Å². The van der Waals surface area contributed by atoms with Crippen LogP contribution in [0.2, 0.25) is 0 Å². The third-order valence-corrected chi connectivity index (χ3v) is 5.00. The van der Waals surface area contributed by atoms with Crippen molar-refractivity contribution in [2.45, 2.75) is 16.2 Å². The minimum atomic E-state index is 0.0787. The summed E-state index contributed by atoms with van der Waals surface area (Å²) in [5.41, 5.74) is 1.90. The number of para-hydroxylation sites is 2. The maximum absolute atomic E-state index is 12.9. The number of hydrogen-bond acceptors (Lipinski definition) is 4. The number of anilines is 2. The highest BCUT2D eigenvalue weighted by molar-refractivity contribution is 7.99. The van der Waals surface area contributed by atoms with Crippen LogP contribution in [0.15, 0.2) is 58.3 Å². The van der Waals surface area contributed by atoms with Crippen molar-refractivity contribution in [2.75, 3.05) is 31.6 Å². The topological polar surface area (TPSA) is 43.8 Å². The van der Waals surface area contributed by atoms with Gasteiger partial charge in [-0.05, 0) is 31.3 Å². The number of aliphatic hydroxyl groups is 1. The molecule has 1 N–H and O–H groups in total. The summed E-state index contributed by atoms with van der Waals surface area (Å²) in [6.07, 6.45) is 0.420. The third kappa shape index (κ3) is 3.42. The second-order valence-electron chi connectivity index (χ2n) is 5.54. The third-order valence-electron chi connectivity index (χ3n) is 3.87. The van der Waals surface area contributed by atoms with Gasteiger partial charge in [0.2, 0.25) is 5.91 Å². The minimum absolute atomic E-state index is 0.0787. The molecule has 0 spiro atoms. The maximum Gasteiger partial charge on any atom is 0.232 e. The molecule has 0 atom stereocenters. The molecule has 0 saturated carbocycles. The molecule has 23 heavy (non-hydrogen) atoms. The smallest absolute Gasteiger partial charge is 0.232 e. The van der Waals surface area contributed by atoms with Crippen molar-refractivity contribution in [3.05, 3.63) is 48.5 Å². The zero-order valence-corrected chi connectivity index (χ0v) is 13.9. The Morgan fingerprint density at radius 3 is 2.17 bits per heavy atom. The van der Waals surface area contributed by atoms with Crippen molar-refractivity contribution in [1.82, 2.24) is 4.90 Å². The lowest BCUT2D eigenvalue weighted by Crippen LogP contribution is -2.32. The van der Waals surface area contributed by atoms with Crippen LogP contribution in [0.1, 0.15) is 6.42 Å². The lowest BCUT2D eigenvalue weighted by atomic mass is 10.2. The highest BCUT2D eigenvalue weighted by Crippen LogP contribution is 2.47. The Morgan fingerprint density at radius 1 is 1.04 bits per heavy atom. The first-order valence-electron chi connectivity index (χ1n) is 7.69. The predicted octanol–water partition coefficient (Wildman–Crippen LogP) is 3.13. The number of likely N-dealkylation sites (N-methyl/N-ethyl adjacent to an activating group) is 1. The molecule has 1 heterocycles. The van der Waals surface area contributed by atoms with E-state index in [2.05, 4.69) is 0 Å². The van der Waals surface area contributed by atoms with Gasteiger partial charge >= 0.3 is 0 Å². The number of hydrogen-bond donors (Lipinski definition) is 1. The summed E-state index contributed by atoms with van der Waals surface area (Å²) >= 11 is 1.70. The van der Waals surface area contributed by atoms with E-state index in [1.807, 2.05) is 65.4 Å². The molecule has 0 aliphatic carbocycles. The van der Waals surface area contributed by atoms with E-state index in [-0.39, 0.29) is 12.5 Å². The number of fused-ring (bicyclic) bond motifs is 2. The standard InChI is InChI=1S/C18H20N2O2S/c1-19(12-13-21)11-10-18(22)20-14-6-2-4-8-16(14)23-17-9-5-3-7-15(17)20/h2-9,21H,10-13H2,1H3. The molecule has 120 valence electrons. The lowest BCUT2D eigenvalue weighted by Gasteiger charge is -2.31. The summed E-state index contributed by atoms with van der Waals surface area (Å²) in [5.74, 6) is 0.0787. The molecule has 1 aliphatic rings. The predicted molar refractivity (Wildman–Crippen MR) is 93.4 cm³/mol. The van der Waals surface area contributed by atoms with E-state index in [9.17, 15) is 4.79 Å². The monoisotopic (exact) mass is 328 g/mol. The zero-order chi connectivity index (χ0) is 16.2. The Hall–Kier alpha value is -1.82. The fraction of sp³-hybridized carbons (Fsp3) is 0.278. The van der Waals surface area contributed by atoms with Crippen LogP contribution < -0.4 is 4.90 Å². The molecular formula is C18H20N2O2S. The number of carbonyl (C=O) groups is 1. The Kier molecular flexibility index (Phi) is 5.00. The van der Waals surface area contributed by atoms with Crippen molar-refractivity contribution < 1.29 is 9.90 Å². The highest BCUT2D eigenvalue weighted by Gasteiger charge is 2.27. The van der Waals surface area contributed by atoms with E-state index in [1.165, 1.54) is 0 Å². The van der Waals surface area contributed by atoms with Crippen molar-refractivity contribution in [3.8, 4) is 0 Å². The van der Waals surface area contributed by atoms with Gasteiger partial charge < -0.3 is 10.0 Å². The summed E-state index contributed by atoms with van der Waals surface area (Å²) in [4.78, 5) is 18.9. The number of amides is 1.